The monoisotopic (exact) mass is 329 g/mol. The first-order valence-corrected chi connectivity index (χ1v) is 8.03. The molecule has 8 heteroatoms. The fraction of sp³-hybridized carbons (Fsp3) is 0.438. The van der Waals surface area contributed by atoms with Gasteiger partial charge in [-0.1, -0.05) is 6.42 Å². The molecule has 8 nitrogen and oxygen atoms in total. The number of carboxylic acids is 1. The Morgan fingerprint density at radius 1 is 1.25 bits per heavy atom. The van der Waals surface area contributed by atoms with Gasteiger partial charge in [0.1, 0.15) is 17.3 Å². The van der Waals surface area contributed by atoms with Crippen molar-refractivity contribution in [2.24, 2.45) is 0 Å². The number of carbonyl (C=O) groups is 2. The summed E-state index contributed by atoms with van der Waals surface area (Å²) in [5, 5.41) is 20.2. The maximum absolute atomic E-state index is 12.1. The molecule has 0 atom stereocenters. The minimum atomic E-state index is -1.16. The van der Waals surface area contributed by atoms with Gasteiger partial charge in [-0.05, 0) is 25.0 Å². The SMILES string of the molecule is O=C(NCCc1nnc2n1CCCCC2)c1ccnc(C(=O)O)c1. The van der Waals surface area contributed by atoms with E-state index < -0.39 is 5.97 Å². The van der Waals surface area contributed by atoms with Gasteiger partial charge in [-0.25, -0.2) is 9.78 Å². The van der Waals surface area contributed by atoms with Gasteiger partial charge in [0, 0.05) is 37.7 Å². The van der Waals surface area contributed by atoms with E-state index >= 15 is 0 Å². The van der Waals surface area contributed by atoms with Crippen molar-refractivity contribution in [3.05, 3.63) is 41.2 Å². The first kappa shape index (κ1) is 16.1. The highest BCUT2D eigenvalue weighted by Gasteiger charge is 2.15. The molecule has 0 saturated heterocycles. The number of carbonyl (C=O) groups excluding carboxylic acids is 1. The molecule has 2 aromatic rings. The predicted octanol–water partition coefficient (Wildman–Crippen LogP) is 1.07. The summed E-state index contributed by atoms with van der Waals surface area (Å²) in [6, 6.07) is 2.76. The quantitative estimate of drug-likeness (QED) is 0.849. The predicted molar refractivity (Wildman–Crippen MR) is 84.8 cm³/mol. The summed E-state index contributed by atoms with van der Waals surface area (Å²) >= 11 is 0. The van der Waals surface area contributed by atoms with Crippen LogP contribution >= 0.6 is 0 Å². The van der Waals surface area contributed by atoms with E-state index in [9.17, 15) is 9.59 Å². The van der Waals surface area contributed by atoms with Gasteiger partial charge < -0.3 is 15.0 Å². The van der Waals surface area contributed by atoms with Crippen LogP contribution in [0.2, 0.25) is 0 Å². The summed E-state index contributed by atoms with van der Waals surface area (Å²) in [5.41, 5.74) is 0.132. The van der Waals surface area contributed by atoms with E-state index in [4.69, 9.17) is 5.11 Å². The Labute approximate surface area is 138 Å². The van der Waals surface area contributed by atoms with Gasteiger partial charge in [-0.2, -0.15) is 0 Å². The van der Waals surface area contributed by atoms with Crippen LogP contribution in [0.5, 0.6) is 0 Å². The van der Waals surface area contributed by atoms with E-state index in [1.165, 1.54) is 24.8 Å². The van der Waals surface area contributed by atoms with Crippen molar-refractivity contribution in [3.8, 4) is 0 Å². The van der Waals surface area contributed by atoms with Crippen LogP contribution in [0.3, 0.4) is 0 Å². The fourth-order valence-electron chi connectivity index (χ4n) is 2.81. The summed E-state index contributed by atoms with van der Waals surface area (Å²) in [5.74, 6) is 0.425. The van der Waals surface area contributed by atoms with E-state index in [1.54, 1.807) is 0 Å². The van der Waals surface area contributed by atoms with E-state index in [0.29, 0.717) is 13.0 Å². The van der Waals surface area contributed by atoms with Gasteiger partial charge in [0.25, 0.3) is 5.91 Å². The highest BCUT2D eigenvalue weighted by Crippen LogP contribution is 2.14. The lowest BCUT2D eigenvalue weighted by Gasteiger charge is -2.08. The second-order valence-corrected chi connectivity index (χ2v) is 5.74. The molecule has 0 unspecified atom stereocenters. The number of fused-ring (bicyclic) bond motifs is 1. The molecule has 0 radical (unpaired) electrons. The highest BCUT2D eigenvalue weighted by molar-refractivity contribution is 5.96. The van der Waals surface area contributed by atoms with Gasteiger partial charge in [0.2, 0.25) is 0 Å². The van der Waals surface area contributed by atoms with E-state index in [-0.39, 0.29) is 17.2 Å². The zero-order valence-corrected chi connectivity index (χ0v) is 13.2. The van der Waals surface area contributed by atoms with Crippen LogP contribution in [0, 0.1) is 0 Å². The lowest BCUT2D eigenvalue weighted by atomic mass is 10.2. The molecule has 3 rings (SSSR count). The molecular formula is C16H19N5O3. The van der Waals surface area contributed by atoms with Crippen molar-refractivity contribution in [2.45, 2.75) is 38.6 Å². The first-order chi connectivity index (χ1) is 11.6. The largest absolute Gasteiger partial charge is 0.477 e. The van der Waals surface area contributed by atoms with E-state index in [2.05, 4.69) is 25.1 Å². The molecule has 2 N–H and O–H groups in total. The standard InChI is InChI=1S/C16H19N5O3/c22-15(11-5-7-17-12(10-11)16(23)24)18-8-6-14-20-19-13-4-2-1-3-9-21(13)14/h5,7,10H,1-4,6,8-9H2,(H,18,22)(H,23,24). The van der Waals surface area contributed by atoms with Crippen molar-refractivity contribution in [3.63, 3.8) is 0 Å². The Hall–Kier alpha value is -2.77. The van der Waals surface area contributed by atoms with E-state index in [0.717, 1.165) is 37.5 Å². The number of aryl methyl sites for hydroxylation is 1. The highest BCUT2D eigenvalue weighted by atomic mass is 16.4. The lowest BCUT2D eigenvalue weighted by Crippen LogP contribution is -2.27. The normalized spacial score (nSPS) is 13.8. The van der Waals surface area contributed by atoms with Gasteiger partial charge in [-0.3, -0.25) is 4.79 Å². The Morgan fingerprint density at radius 3 is 2.96 bits per heavy atom. The molecule has 126 valence electrons. The molecule has 0 bridgehead atoms. The number of carboxylic acid groups (broad SMARTS) is 1. The van der Waals surface area contributed by atoms with Crippen LogP contribution in [-0.4, -0.2) is 43.3 Å². The average molecular weight is 329 g/mol. The summed E-state index contributed by atoms with van der Waals surface area (Å²) in [6.07, 6.45) is 6.33. The molecule has 1 amide bonds. The van der Waals surface area contributed by atoms with Crippen molar-refractivity contribution in [1.29, 1.82) is 0 Å². The van der Waals surface area contributed by atoms with Gasteiger partial charge in [0.05, 0.1) is 0 Å². The molecule has 0 fully saturated rings. The average Bonchev–Trinajstić information content (AvgIpc) is 2.81. The molecule has 2 aromatic heterocycles. The number of hydrogen-bond donors (Lipinski definition) is 2. The number of nitrogens with zero attached hydrogens (tertiary/aromatic N) is 4. The number of aromatic carboxylic acids is 1. The first-order valence-electron chi connectivity index (χ1n) is 8.03. The summed E-state index contributed by atoms with van der Waals surface area (Å²) in [4.78, 5) is 26.7. The Balaban J connectivity index is 1.59. The van der Waals surface area contributed by atoms with Crippen LogP contribution in [-0.2, 0) is 19.4 Å². The zero-order chi connectivity index (χ0) is 16.9. The smallest absolute Gasteiger partial charge is 0.354 e. The maximum Gasteiger partial charge on any atom is 0.354 e. The molecule has 0 aliphatic carbocycles. The van der Waals surface area contributed by atoms with Gasteiger partial charge in [0.15, 0.2) is 0 Å². The number of rotatable bonds is 5. The zero-order valence-electron chi connectivity index (χ0n) is 13.2. The minimum absolute atomic E-state index is 0.148. The van der Waals surface area contributed by atoms with Gasteiger partial charge >= 0.3 is 5.97 Å². The molecule has 0 spiro atoms. The number of aromatic nitrogens is 4. The lowest BCUT2D eigenvalue weighted by molar-refractivity contribution is 0.0690. The minimum Gasteiger partial charge on any atom is -0.477 e. The Kier molecular flexibility index (Phi) is 4.83. The van der Waals surface area contributed by atoms with E-state index in [1.807, 2.05) is 0 Å². The topological polar surface area (TPSA) is 110 Å². The van der Waals surface area contributed by atoms with Crippen LogP contribution in [0.1, 0.15) is 51.8 Å². The second kappa shape index (κ2) is 7.20. The van der Waals surface area contributed by atoms with Crippen molar-refractivity contribution >= 4 is 11.9 Å². The van der Waals surface area contributed by atoms with Crippen LogP contribution in [0.4, 0.5) is 0 Å². The van der Waals surface area contributed by atoms with Gasteiger partial charge in [-0.15, -0.1) is 10.2 Å². The van der Waals surface area contributed by atoms with Crippen LogP contribution < -0.4 is 5.32 Å². The Bertz CT molecular complexity index is 756. The van der Waals surface area contributed by atoms with Crippen molar-refractivity contribution < 1.29 is 14.7 Å². The molecule has 0 saturated carbocycles. The number of pyridine rings is 1. The molecule has 1 aliphatic rings. The van der Waals surface area contributed by atoms with Crippen LogP contribution in [0.15, 0.2) is 18.3 Å². The van der Waals surface area contributed by atoms with Crippen molar-refractivity contribution in [2.75, 3.05) is 6.54 Å². The molecule has 3 heterocycles. The molecular weight excluding hydrogens is 310 g/mol. The molecule has 0 aromatic carbocycles. The number of nitrogens with one attached hydrogen (secondary N) is 1. The summed E-state index contributed by atoms with van der Waals surface area (Å²) in [7, 11) is 0. The third-order valence-electron chi connectivity index (χ3n) is 4.06. The Morgan fingerprint density at radius 2 is 2.12 bits per heavy atom. The number of hydrogen-bond acceptors (Lipinski definition) is 5. The molecule has 24 heavy (non-hydrogen) atoms. The third-order valence-corrected chi connectivity index (χ3v) is 4.06. The van der Waals surface area contributed by atoms with Crippen molar-refractivity contribution in [1.82, 2.24) is 25.1 Å². The number of amides is 1. The second-order valence-electron chi connectivity index (χ2n) is 5.74. The summed E-state index contributed by atoms with van der Waals surface area (Å²) < 4.78 is 2.15. The molecule has 1 aliphatic heterocycles. The van der Waals surface area contributed by atoms with Crippen LogP contribution in [0.25, 0.3) is 0 Å². The summed E-state index contributed by atoms with van der Waals surface area (Å²) in [6.45, 7) is 1.35. The third kappa shape index (κ3) is 3.58. The maximum atomic E-state index is 12.1. The fourth-order valence-corrected chi connectivity index (χ4v) is 2.81.